The molecule has 0 radical (unpaired) electrons. The average Bonchev–Trinajstić information content (AvgIpc) is 3.16. The van der Waals surface area contributed by atoms with Crippen LogP contribution in [-0.2, 0) is 46.9 Å². The van der Waals surface area contributed by atoms with E-state index in [4.69, 9.17) is 20.9 Å². The lowest BCUT2D eigenvalue weighted by Crippen LogP contribution is -2.57. The van der Waals surface area contributed by atoms with E-state index in [-0.39, 0.29) is 43.7 Å². The molecule has 15 heteroatoms. The quantitative estimate of drug-likeness (QED) is 0.0912. The topological polar surface area (TPSA) is 217 Å². The molecule has 0 spiro atoms. The highest BCUT2D eigenvalue weighted by molar-refractivity contribution is 7.89. The number of methoxy groups -OCH3 is 1. The fourth-order valence-electron chi connectivity index (χ4n) is 5.48. The van der Waals surface area contributed by atoms with Crippen molar-refractivity contribution in [2.45, 2.75) is 81.5 Å². The number of carbonyl (C=O) groups is 5. The second kappa shape index (κ2) is 21.4. The van der Waals surface area contributed by atoms with Crippen LogP contribution in [0.3, 0.4) is 0 Å². The molecule has 6 N–H and O–H groups in total. The number of hydrogen-bond donors (Lipinski definition) is 4. The number of Topliss-reactive ketones (excluding diaryl/α,β-unsaturated/α-hetero) is 2. The van der Waals surface area contributed by atoms with Gasteiger partial charge in [0.15, 0.2) is 0 Å². The van der Waals surface area contributed by atoms with E-state index in [0.29, 0.717) is 41.2 Å². The largest absolute Gasteiger partial charge is 0.452 e. The van der Waals surface area contributed by atoms with Crippen molar-refractivity contribution in [3.05, 3.63) is 102 Å². The molecular formula is C38H49N5O9S. The number of nitrogens with zero attached hydrogens (tertiary/aromatic N) is 1. The molecule has 0 aliphatic heterocycles. The van der Waals surface area contributed by atoms with Gasteiger partial charge in [-0.05, 0) is 81.8 Å². The lowest BCUT2D eigenvalue weighted by molar-refractivity contribution is -0.140. The minimum absolute atomic E-state index is 0.0564. The molecule has 53 heavy (non-hydrogen) atoms. The van der Waals surface area contributed by atoms with Gasteiger partial charge in [-0.15, -0.1) is 0 Å². The molecule has 0 saturated carbocycles. The number of alkyl carbamates (subject to hydrolysis) is 1. The van der Waals surface area contributed by atoms with E-state index in [2.05, 4.69) is 10.6 Å². The number of aryl methyl sites for hydroxylation is 1. The summed E-state index contributed by atoms with van der Waals surface area (Å²) < 4.78 is 38.4. The molecule has 0 fully saturated rings. The van der Waals surface area contributed by atoms with Gasteiger partial charge < -0.3 is 31.6 Å². The van der Waals surface area contributed by atoms with Crippen LogP contribution in [-0.4, -0.2) is 80.7 Å². The van der Waals surface area contributed by atoms with Gasteiger partial charge in [-0.3, -0.25) is 14.4 Å². The fraction of sp³-hybridized carbons (Fsp3) is 0.395. The Morgan fingerprint density at radius 3 is 1.83 bits per heavy atom. The predicted molar refractivity (Wildman–Crippen MR) is 198 cm³/mol. The maximum atomic E-state index is 14.2. The van der Waals surface area contributed by atoms with Crippen molar-refractivity contribution in [3.63, 3.8) is 0 Å². The molecule has 0 saturated heterocycles. The maximum Gasteiger partial charge on any atom is 0.424 e. The number of ether oxygens (including phenoxy) is 2. The molecule has 0 heterocycles. The second-order valence-electron chi connectivity index (χ2n) is 12.4. The van der Waals surface area contributed by atoms with Crippen molar-refractivity contribution in [3.8, 4) is 0 Å². The molecule has 0 aliphatic rings. The van der Waals surface area contributed by atoms with Crippen LogP contribution in [0.15, 0.2) is 89.8 Å². The van der Waals surface area contributed by atoms with E-state index >= 15 is 0 Å². The SMILES string of the molecule is COC(=O)N([C@H](CCCCN)C(=O)N[C@@H](Cc1ccccc1)C(=O)C(=O)[C@H](CCCCN)NC(=O)OCc1ccccc1)S(=O)(=O)c1ccc(C)cc1. The highest BCUT2D eigenvalue weighted by atomic mass is 32.2. The molecular weight excluding hydrogens is 703 g/mol. The van der Waals surface area contributed by atoms with Gasteiger partial charge in [0.25, 0.3) is 10.0 Å². The first kappa shape index (κ1) is 42.3. The summed E-state index contributed by atoms with van der Waals surface area (Å²) in [6.45, 7) is 2.22. The molecule has 3 atom stereocenters. The zero-order valence-electron chi connectivity index (χ0n) is 30.1. The average molecular weight is 752 g/mol. The number of rotatable bonds is 21. The van der Waals surface area contributed by atoms with Crippen LogP contribution < -0.4 is 22.1 Å². The van der Waals surface area contributed by atoms with E-state index in [1.165, 1.54) is 12.1 Å². The third kappa shape index (κ3) is 12.8. The van der Waals surface area contributed by atoms with Crippen LogP contribution in [0, 0.1) is 6.92 Å². The summed E-state index contributed by atoms with van der Waals surface area (Å²) in [5.74, 6) is -3.06. The van der Waals surface area contributed by atoms with Crippen LogP contribution in [0.2, 0.25) is 0 Å². The van der Waals surface area contributed by atoms with Crippen molar-refractivity contribution in [2.24, 2.45) is 11.5 Å². The van der Waals surface area contributed by atoms with Gasteiger partial charge in [-0.25, -0.2) is 18.0 Å². The third-order valence-electron chi connectivity index (χ3n) is 8.38. The third-order valence-corrected chi connectivity index (χ3v) is 10.2. The van der Waals surface area contributed by atoms with E-state index in [9.17, 15) is 32.4 Å². The monoisotopic (exact) mass is 751 g/mol. The van der Waals surface area contributed by atoms with Gasteiger partial charge >= 0.3 is 12.2 Å². The smallest absolute Gasteiger partial charge is 0.424 e. The normalized spacial score (nSPS) is 12.8. The number of sulfonamides is 1. The number of hydrogen-bond acceptors (Lipinski definition) is 11. The van der Waals surface area contributed by atoms with Crippen LogP contribution in [0.4, 0.5) is 9.59 Å². The highest BCUT2D eigenvalue weighted by Crippen LogP contribution is 2.23. The number of benzene rings is 3. The van der Waals surface area contributed by atoms with Crippen molar-refractivity contribution < 1.29 is 41.9 Å². The summed E-state index contributed by atoms with van der Waals surface area (Å²) >= 11 is 0. The zero-order chi connectivity index (χ0) is 38.8. The first-order chi connectivity index (χ1) is 25.4. The summed E-state index contributed by atoms with van der Waals surface area (Å²) in [5.41, 5.74) is 13.4. The van der Waals surface area contributed by atoms with Gasteiger partial charge in [-0.2, -0.15) is 4.31 Å². The second-order valence-corrected chi connectivity index (χ2v) is 14.2. The van der Waals surface area contributed by atoms with Gasteiger partial charge in [0.05, 0.1) is 24.1 Å². The summed E-state index contributed by atoms with van der Waals surface area (Å²) in [4.78, 5) is 68.0. The van der Waals surface area contributed by atoms with Crippen molar-refractivity contribution in [2.75, 3.05) is 20.2 Å². The van der Waals surface area contributed by atoms with Crippen molar-refractivity contribution >= 4 is 39.7 Å². The zero-order valence-corrected chi connectivity index (χ0v) is 30.9. The summed E-state index contributed by atoms with van der Waals surface area (Å²) in [6.07, 6.45) is -0.991. The molecule has 286 valence electrons. The molecule has 14 nitrogen and oxygen atoms in total. The lowest BCUT2D eigenvalue weighted by atomic mass is 9.94. The number of amides is 3. The van der Waals surface area contributed by atoms with E-state index in [1.807, 2.05) is 6.07 Å². The maximum absolute atomic E-state index is 14.2. The molecule has 3 rings (SSSR count). The van der Waals surface area contributed by atoms with Crippen LogP contribution in [0.1, 0.15) is 55.2 Å². The number of nitrogens with two attached hydrogens (primary N) is 2. The molecule has 3 amide bonds. The van der Waals surface area contributed by atoms with Gasteiger partial charge in [-0.1, -0.05) is 78.4 Å². The Hall–Kier alpha value is -5.12. The predicted octanol–water partition coefficient (Wildman–Crippen LogP) is 3.54. The van der Waals surface area contributed by atoms with Gasteiger partial charge in [0.1, 0.15) is 12.6 Å². The molecule has 3 aromatic carbocycles. The highest BCUT2D eigenvalue weighted by Gasteiger charge is 2.42. The Kier molecular flexibility index (Phi) is 17.1. The Morgan fingerprint density at radius 1 is 0.717 bits per heavy atom. The Labute approximate surface area is 310 Å². The minimum atomic E-state index is -4.66. The first-order valence-electron chi connectivity index (χ1n) is 17.4. The van der Waals surface area contributed by atoms with Crippen molar-refractivity contribution in [1.29, 1.82) is 0 Å². The first-order valence-corrected chi connectivity index (χ1v) is 18.9. The summed E-state index contributed by atoms with van der Waals surface area (Å²) in [5, 5.41) is 5.06. The lowest BCUT2D eigenvalue weighted by Gasteiger charge is -2.30. The van der Waals surface area contributed by atoms with E-state index < -0.39 is 57.8 Å². The number of ketones is 2. The molecule has 0 aromatic heterocycles. The molecule has 0 aliphatic carbocycles. The van der Waals surface area contributed by atoms with Crippen molar-refractivity contribution in [1.82, 2.24) is 14.9 Å². The number of carbonyl (C=O) groups excluding carboxylic acids is 5. The molecule has 0 unspecified atom stereocenters. The number of nitrogens with one attached hydrogen (secondary N) is 2. The van der Waals surface area contributed by atoms with Crippen LogP contribution in [0.5, 0.6) is 0 Å². The Balaban J connectivity index is 1.97. The Bertz CT molecular complexity index is 1760. The number of unbranched alkanes of at least 4 members (excludes halogenated alkanes) is 2. The standard InChI is InChI=1S/C38H49N5O9S/c1-27-19-21-30(22-20-27)53(49,50)43(38(48)51-2)33(18-10-12-24-40)36(46)41-32(25-28-13-5-3-6-14-28)35(45)34(44)31(17-9-11-23-39)42-37(47)52-26-29-15-7-4-8-16-29/h3-8,13-16,19-22,31-33H,9-12,17-18,23-26,39-40H2,1-2H3,(H,41,46)(H,42,47)/t31-,32-,33+/m0/s1. The Morgan fingerprint density at radius 2 is 1.26 bits per heavy atom. The minimum Gasteiger partial charge on any atom is -0.452 e. The van der Waals surface area contributed by atoms with Gasteiger partial charge in [0, 0.05) is 6.42 Å². The molecule has 0 bridgehead atoms. The van der Waals surface area contributed by atoms with Crippen LogP contribution in [0.25, 0.3) is 0 Å². The molecule has 3 aromatic rings. The summed E-state index contributed by atoms with van der Waals surface area (Å²) in [6, 6.07) is 18.6. The van der Waals surface area contributed by atoms with Crippen LogP contribution >= 0.6 is 0 Å². The van der Waals surface area contributed by atoms with E-state index in [0.717, 1.165) is 12.7 Å². The fourth-order valence-corrected chi connectivity index (χ4v) is 7.00. The van der Waals surface area contributed by atoms with Gasteiger partial charge in [0.2, 0.25) is 17.5 Å². The summed E-state index contributed by atoms with van der Waals surface area (Å²) in [7, 11) is -3.68. The van der Waals surface area contributed by atoms with E-state index in [1.54, 1.807) is 73.7 Å².